The number of carbonyl (C=O) groups excluding carboxylic acids is 2. The highest BCUT2D eigenvalue weighted by Crippen LogP contribution is 2.39. The third-order valence-corrected chi connectivity index (χ3v) is 7.97. The van der Waals surface area contributed by atoms with E-state index in [4.69, 9.17) is 15.6 Å². The summed E-state index contributed by atoms with van der Waals surface area (Å²) in [6.45, 7) is 5.76. The number of hydrogen-bond donors (Lipinski definition) is 2. The molecule has 4 aliphatic rings. The number of aliphatic imine (C=N–C) groups is 2. The Labute approximate surface area is 231 Å². The van der Waals surface area contributed by atoms with Gasteiger partial charge in [-0.15, -0.1) is 4.59 Å². The molecule has 11 heteroatoms. The lowest BCUT2D eigenvalue weighted by molar-refractivity contribution is -0.750. The number of quaternary nitrogens is 1. The van der Waals surface area contributed by atoms with Gasteiger partial charge in [0.05, 0.1) is 42.8 Å². The molecule has 1 aromatic carbocycles. The van der Waals surface area contributed by atoms with Gasteiger partial charge in [-0.2, -0.15) is 10.8 Å². The van der Waals surface area contributed by atoms with E-state index >= 15 is 0 Å². The fraction of sp³-hybridized carbons (Fsp3) is 0.345. The van der Waals surface area contributed by atoms with Crippen LogP contribution in [0.4, 0.5) is 10.2 Å². The smallest absolute Gasteiger partial charge is 0.264 e. The number of benzene rings is 1. The van der Waals surface area contributed by atoms with Crippen LogP contribution in [0.3, 0.4) is 0 Å². The van der Waals surface area contributed by atoms with Crippen molar-refractivity contribution in [2.24, 2.45) is 27.2 Å². The Kier molecular flexibility index (Phi) is 6.44. The van der Waals surface area contributed by atoms with Crippen LogP contribution in [0, 0.1) is 24.1 Å². The van der Waals surface area contributed by atoms with Crippen molar-refractivity contribution < 1.29 is 23.3 Å². The van der Waals surface area contributed by atoms with E-state index in [0.717, 1.165) is 42.5 Å². The number of anilines is 1. The van der Waals surface area contributed by atoms with E-state index in [-0.39, 0.29) is 28.1 Å². The first-order valence-electron chi connectivity index (χ1n) is 13.3. The first-order valence-corrected chi connectivity index (χ1v) is 13.3. The Hall–Kier alpha value is -4.06. The van der Waals surface area contributed by atoms with Gasteiger partial charge >= 0.3 is 0 Å². The fourth-order valence-corrected chi connectivity index (χ4v) is 5.57. The molecule has 3 N–H and O–H groups in total. The molecule has 0 aliphatic carbocycles. The summed E-state index contributed by atoms with van der Waals surface area (Å²) in [5.74, 6) is 7.15. The molecule has 1 unspecified atom stereocenters. The Morgan fingerprint density at radius 1 is 1.25 bits per heavy atom. The number of aryl methyl sites for hydroxylation is 1. The number of nitrogens with zero attached hydrogens (tertiary/aromatic N) is 5. The monoisotopic (exact) mass is 544 g/mol. The van der Waals surface area contributed by atoms with E-state index in [1.807, 2.05) is 11.8 Å². The second-order valence-corrected chi connectivity index (χ2v) is 11.1. The van der Waals surface area contributed by atoms with Gasteiger partial charge in [0.15, 0.2) is 0 Å². The Bertz CT molecular complexity index is 1510. The number of halogens is 1. The summed E-state index contributed by atoms with van der Waals surface area (Å²) in [4.78, 5) is 41.2. The molecule has 0 spiro atoms. The van der Waals surface area contributed by atoms with Gasteiger partial charge in [-0.3, -0.25) is 14.6 Å². The lowest BCUT2D eigenvalue weighted by Crippen LogP contribution is -2.55. The van der Waals surface area contributed by atoms with Gasteiger partial charge < -0.3 is 15.0 Å². The number of aromatic nitrogens is 1. The molecular weight excluding hydrogens is 513 g/mol. The van der Waals surface area contributed by atoms with Gasteiger partial charge in [0.2, 0.25) is 11.6 Å². The molecule has 2 fully saturated rings. The average molecular weight is 545 g/mol. The zero-order valence-electron chi connectivity index (χ0n) is 22.4. The van der Waals surface area contributed by atoms with Crippen molar-refractivity contribution >= 4 is 29.7 Å². The van der Waals surface area contributed by atoms with Crippen LogP contribution < -0.4 is 11.2 Å². The minimum atomic E-state index is -0.452. The molecular formula is C29H31FN7O3+. The number of nitrogens with one attached hydrogen (secondary N) is 1. The molecule has 10 nitrogen and oxygen atoms in total. The maximum atomic E-state index is 13.5. The molecule has 2 amide bonds. The normalized spacial score (nSPS) is 24.9. The van der Waals surface area contributed by atoms with Crippen molar-refractivity contribution in [3.63, 3.8) is 0 Å². The minimum Gasteiger partial charge on any atom is -0.379 e. The van der Waals surface area contributed by atoms with Gasteiger partial charge in [0.25, 0.3) is 11.7 Å². The molecule has 0 saturated carbocycles. The van der Waals surface area contributed by atoms with Crippen LogP contribution in [0.1, 0.15) is 41.3 Å². The topological polar surface area (TPSA) is 122 Å². The lowest BCUT2D eigenvalue weighted by atomic mass is 9.85. The first kappa shape index (κ1) is 26.2. The molecule has 2 saturated heterocycles. The molecule has 40 heavy (non-hydrogen) atoms. The number of amidine groups is 1. The summed E-state index contributed by atoms with van der Waals surface area (Å²) in [5, 5.41) is 2.70. The molecule has 0 bridgehead atoms. The molecule has 5 heterocycles. The number of nitrogens with two attached hydrogens (primary N) is 1. The maximum absolute atomic E-state index is 13.5. The van der Waals surface area contributed by atoms with Crippen LogP contribution in [0.15, 0.2) is 70.3 Å². The zero-order valence-corrected chi connectivity index (χ0v) is 22.4. The van der Waals surface area contributed by atoms with Crippen molar-refractivity contribution in [2.45, 2.75) is 26.7 Å². The van der Waals surface area contributed by atoms with Gasteiger partial charge in [0.1, 0.15) is 23.5 Å². The standard InChI is InChI=1S/C29H30FN7O3/c1-18-12-24(33-13-22(18)30)34-27(38)20-7-5-19(6-8-20)26-35-25(23-14-32-9-11-37(23,26)31)21-4-3-10-36(15-21)28(39)29(2)16-40-17-29/h5-9,11-14,21H,3-4,10,15-17,31H2,1-2H3/p+1/t21-,37?/m1/s1. The number of piperidine rings is 1. The highest BCUT2D eigenvalue weighted by molar-refractivity contribution is 6.05. The molecule has 2 atom stereocenters. The van der Waals surface area contributed by atoms with E-state index in [9.17, 15) is 14.0 Å². The van der Waals surface area contributed by atoms with Gasteiger partial charge in [-0.05, 0) is 62.6 Å². The first-order chi connectivity index (χ1) is 19.2. The number of ether oxygens (including phenoxy) is 1. The van der Waals surface area contributed by atoms with Gasteiger partial charge in [-0.25, -0.2) is 9.37 Å². The van der Waals surface area contributed by atoms with Crippen molar-refractivity contribution in [1.29, 1.82) is 0 Å². The largest absolute Gasteiger partial charge is 0.379 e. The van der Waals surface area contributed by atoms with Gasteiger partial charge in [-0.1, -0.05) is 0 Å². The summed E-state index contributed by atoms with van der Waals surface area (Å²) in [6, 6.07) is 8.47. The zero-order chi connectivity index (χ0) is 28.1. The highest BCUT2D eigenvalue weighted by Gasteiger charge is 2.48. The predicted octanol–water partition coefficient (Wildman–Crippen LogP) is 3.27. The predicted molar refractivity (Wildman–Crippen MR) is 147 cm³/mol. The average Bonchev–Trinajstić information content (AvgIpc) is 3.26. The lowest BCUT2D eigenvalue weighted by Gasteiger charge is -2.42. The van der Waals surface area contributed by atoms with Crippen LogP contribution in [0.5, 0.6) is 0 Å². The minimum absolute atomic E-state index is 0.0190. The molecule has 4 aliphatic heterocycles. The third-order valence-electron chi connectivity index (χ3n) is 7.97. The summed E-state index contributed by atoms with van der Waals surface area (Å²) in [7, 11) is 0. The Balaban J connectivity index is 1.24. The number of pyridine rings is 1. The Morgan fingerprint density at radius 2 is 2.02 bits per heavy atom. The van der Waals surface area contributed by atoms with E-state index in [1.54, 1.807) is 49.8 Å². The second kappa shape index (κ2) is 9.84. The highest BCUT2D eigenvalue weighted by atomic mass is 19.1. The van der Waals surface area contributed by atoms with Crippen molar-refractivity contribution in [1.82, 2.24) is 9.88 Å². The van der Waals surface area contributed by atoms with Crippen molar-refractivity contribution in [2.75, 3.05) is 31.6 Å². The van der Waals surface area contributed by atoms with E-state index in [1.165, 1.54) is 6.07 Å². The molecule has 0 radical (unpaired) electrons. The van der Waals surface area contributed by atoms with Crippen molar-refractivity contribution in [3.05, 3.63) is 82.8 Å². The number of carbonyl (C=O) groups is 2. The quantitative estimate of drug-likeness (QED) is 0.442. The fourth-order valence-electron chi connectivity index (χ4n) is 5.57. The van der Waals surface area contributed by atoms with Crippen LogP contribution in [-0.2, 0) is 9.53 Å². The molecule has 2 aromatic rings. The van der Waals surface area contributed by atoms with Crippen LogP contribution >= 0.6 is 0 Å². The van der Waals surface area contributed by atoms with Gasteiger partial charge in [0, 0.05) is 24.6 Å². The summed E-state index contributed by atoms with van der Waals surface area (Å²) in [5.41, 5.74) is 2.71. The summed E-state index contributed by atoms with van der Waals surface area (Å²) < 4.78 is 18.7. The molecule has 1 aromatic heterocycles. The van der Waals surface area contributed by atoms with E-state index < -0.39 is 11.2 Å². The molecule has 6 rings (SSSR count). The van der Waals surface area contributed by atoms with E-state index in [0.29, 0.717) is 36.7 Å². The number of rotatable bonds is 5. The number of allylic oxidation sites excluding steroid dienone is 1. The third kappa shape index (κ3) is 4.45. The molecule has 206 valence electrons. The second-order valence-electron chi connectivity index (χ2n) is 11.1. The number of likely N-dealkylation sites (tertiary alicyclic amines) is 1. The number of hydrogen-bond acceptors (Lipinski definition) is 7. The maximum Gasteiger partial charge on any atom is 0.264 e. The number of amides is 2. The Morgan fingerprint density at radius 3 is 2.73 bits per heavy atom. The van der Waals surface area contributed by atoms with Crippen LogP contribution in [-0.4, -0.2) is 64.6 Å². The summed E-state index contributed by atoms with van der Waals surface area (Å²) >= 11 is 0. The van der Waals surface area contributed by atoms with Crippen LogP contribution in [0.25, 0.3) is 0 Å². The SMILES string of the molecule is Cc1cc(NC(=O)c2ccc(C3=NC([C@@H]4CCCN(C(=O)C5(C)COC5)C4)=C4C=NC=C[N+]34N)cc2)ncc1F. The van der Waals surface area contributed by atoms with E-state index in [2.05, 4.69) is 15.3 Å². The number of fused-ring (bicyclic) bond motifs is 1. The van der Waals surface area contributed by atoms with Crippen LogP contribution in [0.2, 0.25) is 0 Å². The summed E-state index contributed by atoms with van der Waals surface area (Å²) in [6.07, 6.45) is 8.02. The van der Waals surface area contributed by atoms with Crippen molar-refractivity contribution in [3.8, 4) is 0 Å².